The number of halogens is 1. The zero-order valence-corrected chi connectivity index (χ0v) is 21.5. The Labute approximate surface area is 215 Å². The van der Waals surface area contributed by atoms with E-state index in [2.05, 4.69) is 37.4 Å². The molecule has 5 rings (SSSR count). The van der Waals surface area contributed by atoms with Crippen LogP contribution in [0, 0.1) is 5.82 Å². The average molecular weight is 507 g/mol. The second kappa shape index (κ2) is 10.4. The van der Waals surface area contributed by atoms with Crippen LogP contribution < -0.4 is 4.74 Å². The van der Waals surface area contributed by atoms with Crippen LogP contribution in [0.5, 0.6) is 5.75 Å². The van der Waals surface area contributed by atoms with Gasteiger partial charge >= 0.3 is 0 Å². The molecule has 0 spiro atoms. The van der Waals surface area contributed by atoms with Crippen LogP contribution in [0.4, 0.5) is 4.39 Å². The summed E-state index contributed by atoms with van der Waals surface area (Å²) in [5.41, 5.74) is 2.78. The van der Waals surface area contributed by atoms with E-state index in [9.17, 15) is 14.0 Å². The number of benzene rings is 2. The molecule has 2 amide bonds. The Morgan fingerprint density at radius 3 is 2.47 bits per heavy atom. The Bertz CT molecular complexity index is 1220. The molecule has 0 radical (unpaired) electrons. The van der Waals surface area contributed by atoms with Gasteiger partial charge in [-0.3, -0.25) is 9.59 Å². The number of carbonyl (C=O) groups excluding carboxylic acids is 2. The van der Waals surface area contributed by atoms with Crippen LogP contribution in [0.25, 0.3) is 0 Å². The number of ether oxygens (including phenoxy) is 1. The van der Waals surface area contributed by atoms with Crippen molar-refractivity contribution in [1.29, 1.82) is 0 Å². The first-order valence-corrected chi connectivity index (χ1v) is 13.4. The maximum atomic E-state index is 13.6. The predicted molar refractivity (Wildman–Crippen MR) is 139 cm³/mol. The summed E-state index contributed by atoms with van der Waals surface area (Å²) in [7, 11) is 0. The number of hydrogen-bond donors (Lipinski definition) is 0. The van der Waals surface area contributed by atoms with Crippen molar-refractivity contribution in [3.05, 3.63) is 87.4 Å². The van der Waals surface area contributed by atoms with Gasteiger partial charge in [0.15, 0.2) is 0 Å². The van der Waals surface area contributed by atoms with Crippen LogP contribution in [0.3, 0.4) is 0 Å². The monoisotopic (exact) mass is 506 g/mol. The number of thiophene rings is 1. The van der Waals surface area contributed by atoms with Crippen LogP contribution >= 0.6 is 11.3 Å². The van der Waals surface area contributed by atoms with Crippen molar-refractivity contribution >= 4 is 23.2 Å². The molecule has 2 aliphatic rings. The molecule has 2 aromatic carbocycles. The Kier molecular flexibility index (Phi) is 7.10. The molecular weight excluding hydrogens is 475 g/mol. The maximum absolute atomic E-state index is 13.6. The number of rotatable bonds is 8. The molecule has 188 valence electrons. The highest BCUT2D eigenvalue weighted by Gasteiger charge is 2.38. The third kappa shape index (κ3) is 5.31. The highest BCUT2D eigenvalue weighted by molar-refractivity contribution is 7.10. The minimum atomic E-state index is -0.387. The standard InChI is InChI=1S/C29H31FN2O3S/c1-19(2)20-5-11-24(12-6-20)35-18-26-25-14-16-36-27(25)13-15-31(26)28(33)17-32(23-9-10-23)29(34)21-3-7-22(30)8-4-21/h3-8,11-12,14,16,19,23,26H,9-10,13,15,17-18H2,1-2H3/t26-/m1/s1. The molecule has 5 nitrogen and oxygen atoms in total. The lowest BCUT2D eigenvalue weighted by Gasteiger charge is -2.37. The zero-order chi connectivity index (χ0) is 25.2. The average Bonchev–Trinajstić information content (AvgIpc) is 3.61. The van der Waals surface area contributed by atoms with Gasteiger partial charge < -0.3 is 14.5 Å². The molecule has 1 aromatic heterocycles. The zero-order valence-electron chi connectivity index (χ0n) is 20.7. The number of hydrogen-bond acceptors (Lipinski definition) is 4. The van der Waals surface area contributed by atoms with E-state index < -0.39 is 0 Å². The highest BCUT2D eigenvalue weighted by atomic mass is 32.1. The first-order chi connectivity index (χ1) is 17.4. The molecule has 0 unspecified atom stereocenters. The molecule has 1 atom stereocenters. The first kappa shape index (κ1) is 24.5. The molecular formula is C29H31FN2O3S. The number of carbonyl (C=O) groups is 2. The van der Waals surface area contributed by atoms with Crippen molar-refractivity contribution in [3.8, 4) is 5.75 Å². The van der Waals surface area contributed by atoms with Crippen LogP contribution in [0.2, 0.25) is 0 Å². The normalized spacial score (nSPS) is 17.1. The first-order valence-electron chi connectivity index (χ1n) is 12.6. The van der Waals surface area contributed by atoms with E-state index in [0.717, 1.165) is 30.6 Å². The molecule has 36 heavy (non-hydrogen) atoms. The summed E-state index contributed by atoms with van der Waals surface area (Å²) in [6.07, 6.45) is 2.56. The molecule has 1 aliphatic heterocycles. The number of amides is 2. The van der Waals surface area contributed by atoms with Crippen LogP contribution in [0.1, 0.15) is 65.0 Å². The van der Waals surface area contributed by atoms with Crippen molar-refractivity contribution in [2.24, 2.45) is 0 Å². The predicted octanol–water partition coefficient (Wildman–Crippen LogP) is 5.82. The van der Waals surface area contributed by atoms with Crippen LogP contribution in [0.15, 0.2) is 60.0 Å². The fraction of sp³-hybridized carbons (Fsp3) is 0.379. The molecule has 2 heterocycles. The van der Waals surface area contributed by atoms with Gasteiger partial charge in [-0.2, -0.15) is 0 Å². The largest absolute Gasteiger partial charge is 0.491 e. The summed E-state index contributed by atoms with van der Waals surface area (Å²) in [6.45, 7) is 5.28. The fourth-order valence-electron chi connectivity index (χ4n) is 4.75. The molecule has 0 saturated heterocycles. The van der Waals surface area contributed by atoms with Crippen LogP contribution in [-0.4, -0.2) is 47.4 Å². The third-order valence-corrected chi connectivity index (χ3v) is 8.01. The molecule has 1 saturated carbocycles. The van der Waals surface area contributed by atoms with E-state index >= 15 is 0 Å². The van der Waals surface area contributed by atoms with E-state index in [1.54, 1.807) is 16.2 Å². The van der Waals surface area contributed by atoms with Crippen molar-refractivity contribution < 1.29 is 18.7 Å². The molecule has 0 N–H and O–H groups in total. The summed E-state index contributed by atoms with van der Waals surface area (Å²) in [6, 6.07) is 15.6. The quantitative estimate of drug-likeness (QED) is 0.387. The summed E-state index contributed by atoms with van der Waals surface area (Å²) in [5.74, 6) is 0.531. The van der Waals surface area contributed by atoms with Crippen molar-refractivity contribution in [2.45, 2.75) is 51.1 Å². The minimum Gasteiger partial charge on any atom is -0.491 e. The van der Waals surface area contributed by atoms with Crippen LogP contribution in [-0.2, 0) is 11.2 Å². The van der Waals surface area contributed by atoms with E-state index in [1.165, 1.54) is 34.7 Å². The van der Waals surface area contributed by atoms with E-state index in [0.29, 0.717) is 24.6 Å². The second-order valence-electron chi connectivity index (χ2n) is 9.86. The van der Waals surface area contributed by atoms with Crippen molar-refractivity contribution in [1.82, 2.24) is 9.80 Å². The van der Waals surface area contributed by atoms with Gasteiger partial charge in [-0.25, -0.2) is 4.39 Å². The Morgan fingerprint density at radius 1 is 1.08 bits per heavy atom. The molecule has 7 heteroatoms. The SMILES string of the molecule is CC(C)c1ccc(OC[C@@H]2c3ccsc3CCN2C(=O)CN(C(=O)c2ccc(F)cc2)C2CC2)cc1. The lowest BCUT2D eigenvalue weighted by Crippen LogP contribution is -2.48. The number of fused-ring (bicyclic) bond motifs is 1. The van der Waals surface area contributed by atoms with E-state index in [4.69, 9.17) is 4.74 Å². The third-order valence-electron chi connectivity index (χ3n) is 7.02. The Balaban J connectivity index is 1.32. The molecule has 0 bridgehead atoms. The van der Waals surface area contributed by atoms with Gasteiger partial charge in [0.25, 0.3) is 5.91 Å². The van der Waals surface area contributed by atoms with Gasteiger partial charge in [-0.05, 0) is 84.2 Å². The minimum absolute atomic E-state index is 0.0138. The fourth-order valence-corrected chi connectivity index (χ4v) is 5.67. The Morgan fingerprint density at radius 2 is 1.81 bits per heavy atom. The van der Waals surface area contributed by atoms with Gasteiger partial charge in [0.2, 0.25) is 5.91 Å². The van der Waals surface area contributed by atoms with Gasteiger partial charge in [-0.15, -0.1) is 11.3 Å². The summed E-state index contributed by atoms with van der Waals surface area (Å²) < 4.78 is 19.5. The topological polar surface area (TPSA) is 49.9 Å². The molecule has 1 aliphatic carbocycles. The smallest absolute Gasteiger partial charge is 0.254 e. The van der Waals surface area contributed by atoms with Gasteiger partial charge in [0.1, 0.15) is 24.7 Å². The van der Waals surface area contributed by atoms with Crippen molar-refractivity contribution in [2.75, 3.05) is 19.7 Å². The van der Waals surface area contributed by atoms with Gasteiger partial charge in [-0.1, -0.05) is 26.0 Å². The summed E-state index contributed by atoms with van der Waals surface area (Å²) in [5, 5.41) is 2.07. The molecule has 1 fully saturated rings. The Hall–Kier alpha value is -3.19. The second-order valence-corrected chi connectivity index (χ2v) is 10.9. The van der Waals surface area contributed by atoms with E-state index in [1.807, 2.05) is 17.0 Å². The molecule has 3 aromatic rings. The lowest BCUT2D eigenvalue weighted by atomic mass is 10.00. The van der Waals surface area contributed by atoms with E-state index in [-0.39, 0.29) is 36.3 Å². The van der Waals surface area contributed by atoms with Gasteiger partial charge in [0.05, 0.1) is 6.04 Å². The number of nitrogens with zero attached hydrogens (tertiary/aromatic N) is 2. The summed E-state index contributed by atoms with van der Waals surface area (Å²) >= 11 is 1.71. The summed E-state index contributed by atoms with van der Waals surface area (Å²) in [4.78, 5) is 31.6. The highest BCUT2D eigenvalue weighted by Crippen LogP contribution is 2.35. The lowest BCUT2D eigenvalue weighted by molar-refractivity contribution is -0.135. The van der Waals surface area contributed by atoms with Crippen molar-refractivity contribution in [3.63, 3.8) is 0 Å². The maximum Gasteiger partial charge on any atom is 0.254 e. The van der Waals surface area contributed by atoms with Gasteiger partial charge in [0, 0.05) is 23.0 Å².